The van der Waals surface area contributed by atoms with Gasteiger partial charge in [0.05, 0.1) is 0 Å². The van der Waals surface area contributed by atoms with Gasteiger partial charge in [-0.3, -0.25) is 4.79 Å². The molecule has 1 aliphatic heterocycles. The van der Waals surface area contributed by atoms with E-state index in [1.807, 2.05) is 0 Å². The lowest BCUT2D eigenvalue weighted by molar-refractivity contribution is -0.271. The predicted molar refractivity (Wildman–Crippen MR) is 111 cm³/mol. The molecule has 186 valence electrons. The van der Waals surface area contributed by atoms with Gasteiger partial charge in [-0.15, -0.1) is 0 Å². The molecule has 9 N–H and O–H groups in total. The first-order chi connectivity index (χ1) is 16.4. The zero-order valence-corrected chi connectivity index (χ0v) is 17.3. The number of hydrogen-bond donors (Lipinski definition) is 9. The van der Waals surface area contributed by atoms with Crippen LogP contribution in [-0.4, -0.2) is 82.6 Å². The first-order valence-corrected chi connectivity index (χ1v) is 9.78. The number of hydrogen-bond acceptors (Lipinski definition) is 13. The Labute approximate surface area is 193 Å². The lowest BCUT2D eigenvalue weighted by atomic mass is 9.99. The highest BCUT2D eigenvalue weighted by atomic mass is 16.7. The van der Waals surface area contributed by atoms with E-state index in [1.54, 1.807) is 0 Å². The average molecular weight is 494 g/mol. The number of phenols is 5. The first-order valence-electron chi connectivity index (χ1n) is 9.78. The van der Waals surface area contributed by atoms with Gasteiger partial charge in [-0.2, -0.15) is 0 Å². The molecule has 0 unspecified atom stereocenters. The third-order valence-electron chi connectivity index (χ3n) is 5.33. The molecule has 2 heterocycles. The number of ether oxygens (including phenoxy) is 2. The van der Waals surface area contributed by atoms with Crippen LogP contribution in [0.2, 0.25) is 0 Å². The van der Waals surface area contributed by atoms with Gasteiger partial charge in [0.15, 0.2) is 40.1 Å². The van der Waals surface area contributed by atoms with E-state index in [1.165, 1.54) is 0 Å². The highest BCUT2D eigenvalue weighted by molar-refractivity contribution is 5.91. The molecule has 4 rings (SSSR count). The van der Waals surface area contributed by atoms with Crippen molar-refractivity contribution in [3.05, 3.63) is 34.5 Å². The maximum Gasteiger partial charge on any atom is 0.335 e. The van der Waals surface area contributed by atoms with Crippen LogP contribution in [0.15, 0.2) is 33.5 Å². The number of aliphatic hydroxyl groups excluding tert-OH is 3. The van der Waals surface area contributed by atoms with E-state index in [2.05, 4.69) is 0 Å². The molecule has 1 fully saturated rings. The number of fused-ring (bicyclic) bond motifs is 1. The SMILES string of the molecule is O=C(O)[C@H]1O[C@@H](Oc2cc(O)c3c(=O)cc(-c4cc(O)c(O)c(O)c4)oc3c2O)[C@H](O)[C@@H](O)[C@@H]1O. The molecule has 2 aromatic carbocycles. The van der Waals surface area contributed by atoms with Gasteiger partial charge in [0, 0.05) is 17.7 Å². The van der Waals surface area contributed by atoms with Crippen molar-refractivity contribution in [2.45, 2.75) is 30.7 Å². The van der Waals surface area contributed by atoms with E-state index < -0.39 is 87.6 Å². The van der Waals surface area contributed by atoms with Crippen LogP contribution >= 0.6 is 0 Å². The predicted octanol–water partition coefficient (Wildman–Crippen LogP) is -0.741. The molecule has 14 nitrogen and oxygen atoms in total. The van der Waals surface area contributed by atoms with Crippen molar-refractivity contribution in [3.63, 3.8) is 0 Å². The van der Waals surface area contributed by atoms with E-state index in [4.69, 9.17) is 19.0 Å². The maximum absolute atomic E-state index is 12.6. The van der Waals surface area contributed by atoms with Gasteiger partial charge in [-0.05, 0) is 12.1 Å². The molecular weight excluding hydrogens is 476 g/mol. The Morgan fingerprint density at radius 2 is 1.46 bits per heavy atom. The molecule has 1 aliphatic rings. The summed E-state index contributed by atoms with van der Waals surface area (Å²) in [6.45, 7) is 0. The summed E-state index contributed by atoms with van der Waals surface area (Å²) in [5.41, 5.74) is -1.62. The molecular formula is C21H18O14. The fourth-order valence-corrected chi connectivity index (χ4v) is 3.53. The van der Waals surface area contributed by atoms with E-state index in [9.17, 15) is 50.4 Å². The highest BCUT2D eigenvalue weighted by Crippen LogP contribution is 2.43. The molecule has 5 atom stereocenters. The minimum Gasteiger partial charge on any atom is -0.507 e. The van der Waals surface area contributed by atoms with Crippen molar-refractivity contribution < 1.29 is 64.6 Å². The molecule has 1 aromatic heterocycles. The van der Waals surface area contributed by atoms with Crippen LogP contribution in [0.3, 0.4) is 0 Å². The number of carboxylic acid groups (broad SMARTS) is 1. The number of benzene rings is 2. The molecule has 0 radical (unpaired) electrons. The van der Waals surface area contributed by atoms with Gasteiger partial charge in [0.2, 0.25) is 12.0 Å². The average Bonchev–Trinajstić information content (AvgIpc) is 2.79. The number of aliphatic hydroxyl groups is 3. The van der Waals surface area contributed by atoms with Crippen molar-refractivity contribution in [2.75, 3.05) is 0 Å². The normalized spacial score (nSPS) is 24.4. The monoisotopic (exact) mass is 494 g/mol. The second-order valence-corrected chi connectivity index (χ2v) is 7.64. The molecule has 3 aromatic rings. The fourth-order valence-electron chi connectivity index (χ4n) is 3.53. The summed E-state index contributed by atoms with van der Waals surface area (Å²) in [5, 5.41) is 88.4. The minimum atomic E-state index is -2.01. The Kier molecular flexibility index (Phi) is 5.82. The van der Waals surface area contributed by atoms with Crippen molar-refractivity contribution in [1.82, 2.24) is 0 Å². The van der Waals surface area contributed by atoms with Gasteiger partial charge < -0.3 is 59.8 Å². The van der Waals surface area contributed by atoms with Gasteiger partial charge in [0.25, 0.3) is 0 Å². The van der Waals surface area contributed by atoms with E-state index in [0.29, 0.717) is 0 Å². The van der Waals surface area contributed by atoms with Crippen LogP contribution in [0, 0.1) is 0 Å². The summed E-state index contributed by atoms with van der Waals surface area (Å²) in [5.74, 6) is -6.66. The van der Waals surface area contributed by atoms with E-state index in [-0.39, 0.29) is 11.3 Å². The molecule has 0 saturated carbocycles. The smallest absolute Gasteiger partial charge is 0.335 e. The fraction of sp³-hybridized carbons (Fsp3) is 0.238. The van der Waals surface area contributed by atoms with Crippen LogP contribution in [0.5, 0.6) is 34.5 Å². The van der Waals surface area contributed by atoms with Crippen LogP contribution in [0.1, 0.15) is 0 Å². The molecule has 0 spiro atoms. The largest absolute Gasteiger partial charge is 0.507 e. The van der Waals surface area contributed by atoms with E-state index >= 15 is 0 Å². The van der Waals surface area contributed by atoms with Crippen molar-refractivity contribution in [1.29, 1.82) is 0 Å². The van der Waals surface area contributed by atoms with Gasteiger partial charge in [-0.25, -0.2) is 4.79 Å². The van der Waals surface area contributed by atoms with Crippen molar-refractivity contribution in [2.24, 2.45) is 0 Å². The second kappa shape index (κ2) is 8.52. The van der Waals surface area contributed by atoms with Crippen LogP contribution < -0.4 is 10.2 Å². The summed E-state index contributed by atoms with van der Waals surface area (Å²) in [6, 6.07) is 3.51. The molecule has 1 saturated heterocycles. The van der Waals surface area contributed by atoms with Gasteiger partial charge >= 0.3 is 5.97 Å². The second-order valence-electron chi connectivity index (χ2n) is 7.64. The third kappa shape index (κ3) is 4.00. The third-order valence-corrected chi connectivity index (χ3v) is 5.33. The first kappa shape index (κ1) is 23.9. The molecule has 35 heavy (non-hydrogen) atoms. The van der Waals surface area contributed by atoms with E-state index in [0.717, 1.165) is 24.3 Å². The van der Waals surface area contributed by atoms with Crippen LogP contribution in [-0.2, 0) is 9.53 Å². The topological polar surface area (TPSA) is 248 Å². The lowest BCUT2D eigenvalue weighted by Crippen LogP contribution is -2.61. The molecule has 0 aliphatic carbocycles. The Balaban J connectivity index is 1.80. The molecule has 0 amide bonds. The summed E-state index contributed by atoms with van der Waals surface area (Å²) in [6.07, 6.45) is -9.95. The van der Waals surface area contributed by atoms with Crippen LogP contribution in [0.25, 0.3) is 22.3 Å². The quantitative estimate of drug-likeness (QED) is 0.160. The number of carboxylic acids is 1. The summed E-state index contributed by atoms with van der Waals surface area (Å²) in [4.78, 5) is 23.9. The highest BCUT2D eigenvalue weighted by Gasteiger charge is 2.48. The summed E-state index contributed by atoms with van der Waals surface area (Å²) in [7, 11) is 0. The zero-order valence-electron chi connectivity index (χ0n) is 17.3. The standard InChI is InChI=1S/C21H18O14/c22-6-3-10(5-1-8(24)13(26)9(25)2-5)33-18-12(6)7(23)4-11(14(18)27)34-21-17(30)15(28)16(29)19(35-21)20(31)32/h1-4,15-17,19,21,23-30H,(H,31,32)/t15-,16-,17+,19-,21+/m0/s1. The summed E-state index contributed by atoms with van der Waals surface area (Å²) >= 11 is 0. The molecule has 0 bridgehead atoms. The Morgan fingerprint density at radius 1 is 0.829 bits per heavy atom. The van der Waals surface area contributed by atoms with Gasteiger partial charge in [-0.1, -0.05) is 0 Å². The Hall–Kier alpha value is -4.24. The van der Waals surface area contributed by atoms with Gasteiger partial charge in [0.1, 0.15) is 35.2 Å². The Morgan fingerprint density at radius 3 is 2.06 bits per heavy atom. The Bertz CT molecular complexity index is 1360. The zero-order chi connectivity index (χ0) is 25.8. The number of aliphatic carboxylic acids is 1. The van der Waals surface area contributed by atoms with Crippen molar-refractivity contribution in [3.8, 4) is 45.8 Å². The number of rotatable bonds is 4. The number of phenolic OH excluding ortho intramolecular Hbond substituents is 5. The lowest BCUT2D eigenvalue weighted by Gasteiger charge is -2.38. The number of carbonyl (C=O) groups is 1. The minimum absolute atomic E-state index is 0.102. The number of aromatic hydroxyl groups is 5. The summed E-state index contributed by atoms with van der Waals surface area (Å²) < 4.78 is 15.7. The van der Waals surface area contributed by atoms with Crippen LogP contribution in [0.4, 0.5) is 0 Å². The molecule has 14 heteroatoms. The maximum atomic E-state index is 12.6. The van der Waals surface area contributed by atoms with Crippen molar-refractivity contribution >= 4 is 16.9 Å².